The fraction of sp³-hybridized carbons (Fsp3) is 0.167. The highest BCUT2D eigenvalue weighted by molar-refractivity contribution is 6.30. The topological polar surface area (TPSA) is 98.9 Å². The van der Waals surface area contributed by atoms with Gasteiger partial charge in [-0.05, 0) is 35.9 Å². The molecule has 9 heteroatoms. The highest BCUT2D eigenvalue weighted by Crippen LogP contribution is 2.27. The molecule has 0 aliphatic carbocycles. The molecule has 1 atom stereocenters. The Morgan fingerprint density at radius 1 is 1.21 bits per heavy atom. The number of nitrogens with one attached hydrogen (secondary N) is 1. The molecule has 0 radical (unpaired) electrons. The van der Waals surface area contributed by atoms with Gasteiger partial charge in [0.15, 0.2) is 5.49 Å². The summed E-state index contributed by atoms with van der Waals surface area (Å²) in [5.41, 5.74) is 4.12. The number of allylic oxidation sites excluding steroid dienone is 1. The number of nitrogens with zero attached hydrogens (tertiary/aromatic N) is 6. The van der Waals surface area contributed by atoms with Crippen molar-refractivity contribution in [1.29, 1.82) is 0 Å². The zero-order chi connectivity index (χ0) is 23.4. The molecule has 1 aromatic carbocycles. The van der Waals surface area contributed by atoms with Crippen molar-refractivity contribution in [2.45, 2.75) is 19.4 Å². The van der Waals surface area contributed by atoms with E-state index in [1.165, 1.54) is 0 Å². The molecule has 4 aromatic rings. The predicted molar refractivity (Wildman–Crippen MR) is 131 cm³/mol. The molecular formula is C24H25ClN8. The molecule has 0 spiro atoms. The van der Waals surface area contributed by atoms with Gasteiger partial charge in [0.25, 0.3) is 0 Å². The average molecular weight is 461 g/mol. The second kappa shape index (κ2) is 9.70. The lowest BCUT2D eigenvalue weighted by Gasteiger charge is -2.19. The number of pyridine rings is 1. The van der Waals surface area contributed by atoms with Gasteiger partial charge in [-0.25, -0.2) is 9.97 Å². The molecule has 0 amide bonds. The Kier molecular flexibility index (Phi) is 6.55. The summed E-state index contributed by atoms with van der Waals surface area (Å²) >= 11 is 6.16. The second-order valence-electron chi connectivity index (χ2n) is 7.59. The van der Waals surface area contributed by atoms with Crippen molar-refractivity contribution in [1.82, 2.24) is 24.3 Å². The van der Waals surface area contributed by atoms with E-state index in [2.05, 4.69) is 39.0 Å². The lowest BCUT2D eigenvalue weighted by atomic mass is 9.98. The number of aromatic nitrogens is 5. The van der Waals surface area contributed by atoms with Crippen LogP contribution in [0.2, 0.25) is 5.02 Å². The Bertz CT molecular complexity index is 1350. The number of nitrogens with two attached hydrogens (primary N) is 1. The van der Waals surface area contributed by atoms with Crippen LogP contribution in [0.5, 0.6) is 0 Å². The maximum Gasteiger partial charge on any atom is 0.157 e. The molecule has 0 aliphatic heterocycles. The van der Waals surface area contributed by atoms with Gasteiger partial charge in [-0.15, -0.1) is 0 Å². The van der Waals surface area contributed by atoms with Crippen LogP contribution < -0.4 is 16.6 Å². The van der Waals surface area contributed by atoms with Crippen LogP contribution in [-0.4, -0.2) is 24.3 Å². The largest absolute Gasteiger partial charge is 0.363 e. The third-order valence-electron chi connectivity index (χ3n) is 5.47. The molecule has 3 heterocycles. The molecule has 0 bridgehead atoms. The summed E-state index contributed by atoms with van der Waals surface area (Å²) in [7, 11) is 1.87. The lowest BCUT2D eigenvalue weighted by Crippen LogP contribution is -2.23. The zero-order valence-corrected chi connectivity index (χ0v) is 19.2. The summed E-state index contributed by atoms with van der Waals surface area (Å²) in [6, 6.07) is 15.3. The van der Waals surface area contributed by atoms with E-state index in [1.54, 1.807) is 17.1 Å². The Morgan fingerprint density at radius 3 is 2.79 bits per heavy atom. The van der Waals surface area contributed by atoms with Crippen LogP contribution in [0.4, 0.5) is 5.82 Å². The number of aryl methyl sites for hydroxylation is 1. The van der Waals surface area contributed by atoms with Crippen molar-refractivity contribution in [3.8, 4) is 11.3 Å². The van der Waals surface area contributed by atoms with E-state index < -0.39 is 0 Å². The number of hydrogen-bond acceptors (Lipinski definition) is 6. The molecule has 0 aliphatic rings. The van der Waals surface area contributed by atoms with Crippen LogP contribution in [0, 0.1) is 0 Å². The summed E-state index contributed by atoms with van der Waals surface area (Å²) in [5, 5.41) is 12.1. The van der Waals surface area contributed by atoms with E-state index in [0.717, 1.165) is 28.3 Å². The number of benzene rings is 1. The zero-order valence-electron chi connectivity index (χ0n) is 18.5. The van der Waals surface area contributed by atoms with Crippen LogP contribution in [0.3, 0.4) is 0 Å². The molecule has 168 valence electrons. The van der Waals surface area contributed by atoms with Gasteiger partial charge in [-0.3, -0.25) is 4.68 Å². The Morgan fingerprint density at radius 2 is 2.06 bits per heavy atom. The van der Waals surface area contributed by atoms with E-state index >= 15 is 0 Å². The number of halogens is 1. The Labute approximate surface area is 197 Å². The molecular weight excluding hydrogens is 436 g/mol. The van der Waals surface area contributed by atoms with Gasteiger partial charge in [-0.1, -0.05) is 37.2 Å². The van der Waals surface area contributed by atoms with E-state index in [-0.39, 0.29) is 5.92 Å². The first-order valence-electron chi connectivity index (χ1n) is 10.4. The highest BCUT2D eigenvalue weighted by atomic mass is 35.5. The monoisotopic (exact) mass is 460 g/mol. The van der Waals surface area contributed by atoms with Crippen LogP contribution in [0.25, 0.3) is 17.0 Å². The van der Waals surface area contributed by atoms with Crippen LogP contribution in [0.15, 0.2) is 78.8 Å². The fourth-order valence-corrected chi connectivity index (χ4v) is 3.73. The molecule has 3 N–H and O–H groups in total. The van der Waals surface area contributed by atoms with Crippen LogP contribution in [0.1, 0.15) is 24.2 Å². The van der Waals surface area contributed by atoms with Gasteiger partial charge in [0.2, 0.25) is 0 Å². The van der Waals surface area contributed by atoms with Gasteiger partial charge in [0.1, 0.15) is 11.6 Å². The number of anilines is 1. The molecule has 3 aromatic heterocycles. The second-order valence-corrected chi connectivity index (χ2v) is 8.03. The molecule has 0 saturated heterocycles. The van der Waals surface area contributed by atoms with E-state index in [1.807, 2.05) is 66.3 Å². The summed E-state index contributed by atoms with van der Waals surface area (Å²) in [6.45, 7) is 6.82. The minimum Gasteiger partial charge on any atom is -0.363 e. The molecule has 0 fully saturated rings. The van der Waals surface area contributed by atoms with E-state index in [0.29, 0.717) is 22.9 Å². The minimum absolute atomic E-state index is 0.0174. The molecule has 8 nitrogen and oxygen atoms in total. The fourth-order valence-electron chi connectivity index (χ4n) is 3.53. The Balaban J connectivity index is 1.58. The normalized spacial score (nSPS) is 12.5. The van der Waals surface area contributed by atoms with Crippen molar-refractivity contribution < 1.29 is 0 Å². The summed E-state index contributed by atoms with van der Waals surface area (Å²) in [5.74, 6) is 7.31. The van der Waals surface area contributed by atoms with Gasteiger partial charge in [0.05, 0.1) is 18.4 Å². The van der Waals surface area contributed by atoms with Crippen molar-refractivity contribution in [2.75, 3.05) is 5.32 Å². The van der Waals surface area contributed by atoms with Crippen LogP contribution >= 0.6 is 11.6 Å². The summed E-state index contributed by atoms with van der Waals surface area (Å²) in [4.78, 5) is 9.05. The third-order valence-corrected chi connectivity index (χ3v) is 5.71. The van der Waals surface area contributed by atoms with Crippen molar-refractivity contribution >= 4 is 23.1 Å². The molecule has 33 heavy (non-hydrogen) atoms. The standard InChI is InChI=1S/C24H25ClN8/c1-16(18-5-4-6-20(25)13-18)17(2)33-12-9-19(14-24(33)31-26)21-7-10-27-22(30-21)15-28-23-8-11-29-32(23)3/h4-14,16,28H,2,15,26H2,1,3H3/b31-24-/t16-/m0/s1. The van der Waals surface area contributed by atoms with Crippen molar-refractivity contribution in [2.24, 2.45) is 18.0 Å². The van der Waals surface area contributed by atoms with Crippen molar-refractivity contribution in [3.63, 3.8) is 0 Å². The first kappa shape index (κ1) is 22.3. The summed E-state index contributed by atoms with van der Waals surface area (Å²) < 4.78 is 3.63. The predicted octanol–water partition coefficient (Wildman–Crippen LogP) is 3.99. The maximum atomic E-state index is 6.16. The van der Waals surface area contributed by atoms with Gasteiger partial charge in [-0.2, -0.15) is 10.2 Å². The molecule has 0 saturated carbocycles. The number of rotatable bonds is 7. The van der Waals surface area contributed by atoms with E-state index in [4.69, 9.17) is 17.4 Å². The summed E-state index contributed by atoms with van der Waals surface area (Å²) in [6.07, 6.45) is 5.38. The number of hydrogen-bond donors (Lipinski definition) is 2. The highest BCUT2D eigenvalue weighted by Gasteiger charge is 2.13. The maximum absolute atomic E-state index is 6.16. The molecule has 4 rings (SSSR count). The first-order valence-corrected chi connectivity index (χ1v) is 10.8. The Hall–Kier alpha value is -3.91. The van der Waals surface area contributed by atoms with Gasteiger partial charge >= 0.3 is 0 Å². The van der Waals surface area contributed by atoms with Gasteiger partial charge in [0, 0.05) is 47.7 Å². The smallest absolute Gasteiger partial charge is 0.157 e. The SMILES string of the molecule is C=C([C@H](C)c1cccc(Cl)c1)n1ccc(-c2ccnc(CNc3ccnn3C)n2)c/c1=N/N. The van der Waals surface area contributed by atoms with Crippen molar-refractivity contribution in [3.05, 3.63) is 95.6 Å². The molecule has 0 unspecified atom stereocenters. The average Bonchev–Trinajstić information content (AvgIpc) is 3.26. The quantitative estimate of drug-likeness (QED) is 0.321. The van der Waals surface area contributed by atoms with Gasteiger partial charge < -0.3 is 15.7 Å². The van der Waals surface area contributed by atoms with Crippen LogP contribution in [-0.2, 0) is 13.6 Å². The first-order chi connectivity index (χ1) is 16.0. The minimum atomic E-state index is 0.0174. The van der Waals surface area contributed by atoms with E-state index in [9.17, 15) is 0 Å². The lowest BCUT2D eigenvalue weighted by molar-refractivity contribution is 0.765. The third kappa shape index (κ3) is 4.96.